The van der Waals surface area contributed by atoms with Crippen LogP contribution >= 0.6 is 0 Å². The maximum atomic E-state index is 14.9. The molecule has 0 unspecified atom stereocenters. The molecule has 0 aliphatic carbocycles. The molecule has 1 heterocycles. The molecule has 4 heteroatoms. The van der Waals surface area contributed by atoms with E-state index in [4.69, 9.17) is 9.47 Å². The number of hydrogen-bond acceptors (Lipinski definition) is 4. The Morgan fingerprint density at radius 2 is 0.388 bits per heavy atom. The molecule has 1 aliphatic heterocycles. The van der Waals surface area contributed by atoms with E-state index in [1.165, 1.54) is 0 Å². The van der Waals surface area contributed by atoms with Gasteiger partial charge < -0.3 is 19.7 Å². The first-order valence-corrected chi connectivity index (χ1v) is 25.2. The lowest BCUT2D eigenvalue weighted by Crippen LogP contribution is -2.55. The average molecular weight is 915 g/mol. The Kier molecular flexibility index (Phi) is 13.8. The second-order valence-corrected chi connectivity index (χ2v) is 29.2. The van der Waals surface area contributed by atoms with Gasteiger partial charge in [-0.15, -0.1) is 0 Å². The number of hydrogen-bond donors (Lipinski definition) is 2. The SMILES string of the molecule is CC1(C)O[C@@H](C(O)(c2cc(C(C)(C)C)cc(C(C)(C)C)c2)c2cc(C(C)(C)C)cc(C(C)(C)C)c2)[C@H](C(O)(c2cc(C(C)(C)C)cc(C(C)(C)C)c2)c2cc(C(C)(C)C)cc(C(C)(C)C)c2)O1. The largest absolute Gasteiger partial charge is 0.378 e. The summed E-state index contributed by atoms with van der Waals surface area (Å²) in [5.41, 5.74) is 6.07. The number of benzene rings is 4. The molecule has 0 saturated carbocycles. The minimum absolute atomic E-state index is 0.249. The summed E-state index contributed by atoms with van der Waals surface area (Å²) in [6.45, 7) is 57.5. The van der Waals surface area contributed by atoms with Gasteiger partial charge in [0.1, 0.15) is 23.4 Å². The summed E-state index contributed by atoms with van der Waals surface area (Å²) in [6.07, 6.45) is -2.24. The fourth-order valence-corrected chi connectivity index (χ4v) is 9.22. The van der Waals surface area contributed by atoms with Crippen LogP contribution in [0.4, 0.5) is 0 Å². The van der Waals surface area contributed by atoms with E-state index in [1.807, 2.05) is 13.8 Å². The van der Waals surface area contributed by atoms with Crippen molar-refractivity contribution in [2.75, 3.05) is 0 Å². The first kappa shape index (κ1) is 54.7. The van der Waals surface area contributed by atoms with Gasteiger partial charge in [0.2, 0.25) is 0 Å². The predicted molar refractivity (Wildman–Crippen MR) is 285 cm³/mol. The summed E-state index contributed by atoms with van der Waals surface area (Å²) in [4.78, 5) is 0. The van der Waals surface area contributed by atoms with Crippen LogP contribution in [-0.2, 0) is 64.0 Å². The van der Waals surface area contributed by atoms with Crippen LogP contribution in [0.25, 0.3) is 0 Å². The van der Waals surface area contributed by atoms with Gasteiger partial charge in [0.25, 0.3) is 0 Å². The van der Waals surface area contributed by atoms with Gasteiger partial charge in [-0.3, -0.25) is 0 Å². The molecule has 0 aromatic heterocycles. The topological polar surface area (TPSA) is 58.9 Å². The lowest BCUT2D eigenvalue weighted by atomic mass is 9.67. The van der Waals surface area contributed by atoms with Crippen molar-refractivity contribution in [2.24, 2.45) is 0 Å². The molecule has 0 spiro atoms. The van der Waals surface area contributed by atoms with E-state index < -0.39 is 29.2 Å². The minimum Gasteiger partial charge on any atom is -0.378 e. The highest BCUT2D eigenvalue weighted by Crippen LogP contribution is 2.53. The maximum absolute atomic E-state index is 14.9. The maximum Gasteiger partial charge on any atom is 0.164 e. The zero-order valence-corrected chi connectivity index (χ0v) is 47.3. The van der Waals surface area contributed by atoms with Crippen LogP contribution in [0.1, 0.15) is 247 Å². The van der Waals surface area contributed by atoms with Crippen molar-refractivity contribution < 1.29 is 19.7 Å². The lowest BCUT2D eigenvalue weighted by molar-refractivity contribution is -0.172. The van der Waals surface area contributed by atoms with Crippen LogP contribution in [0.2, 0.25) is 0 Å². The van der Waals surface area contributed by atoms with Crippen LogP contribution in [0.3, 0.4) is 0 Å². The quantitative estimate of drug-likeness (QED) is 0.202. The molecule has 1 aliphatic rings. The van der Waals surface area contributed by atoms with E-state index >= 15 is 0 Å². The van der Waals surface area contributed by atoms with Crippen molar-refractivity contribution in [1.29, 1.82) is 0 Å². The normalized spacial score (nSPS) is 18.4. The van der Waals surface area contributed by atoms with Crippen LogP contribution < -0.4 is 0 Å². The fourth-order valence-electron chi connectivity index (χ4n) is 9.22. The van der Waals surface area contributed by atoms with Gasteiger partial charge in [-0.1, -0.05) is 239 Å². The molecule has 0 radical (unpaired) electrons. The molecule has 1 saturated heterocycles. The van der Waals surface area contributed by atoms with E-state index in [9.17, 15) is 10.2 Å². The van der Waals surface area contributed by atoms with Crippen LogP contribution in [0, 0.1) is 0 Å². The molecule has 4 nitrogen and oxygen atoms in total. The highest BCUT2D eigenvalue weighted by Gasteiger charge is 2.62. The fraction of sp³-hybridized carbons (Fsp3) is 0.619. The summed E-state index contributed by atoms with van der Waals surface area (Å²) < 4.78 is 14.8. The second-order valence-electron chi connectivity index (χ2n) is 29.2. The molecule has 2 atom stereocenters. The van der Waals surface area contributed by atoms with Gasteiger partial charge in [0.05, 0.1) is 0 Å². The summed E-state index contributed by atoms with van der Waals surface area (Å²) in [5, 5.41) is 29.8. The Morgan fingerprint density at radius 1 is 0.269 bits per heavy atom. The summed E-state index contributed by atoms with van der Waals surface area (Å²) in [5.74, 6) is -1.22. The third-order valence-electron chi connectivity index (χ3n) is 14.3. The van der Waals surface area contributed by atoms with Crippen molar-refractivity contribution >= 4 is 0 Å². The molecule has 370 valence electrons. The van der Waals surface area contributed by atoms with E-state index in [2.05, 4.69) is 239 Å². The van der Waals surface area contributed by atoms with Crippen molar-refractivity contribution in [2.45, 2.75) is 253 Å². The van der Waals surface area contributed by atoms with Gasteiger partial charge in [-0.25, -0.2) is 0 Å². The number of aliphatic hydroxyl groups is 2. The van der Waals surface area contributed by atoms with Crippen LogP contribution in [0.5, 0.6) is 0 Å². The lowest BCUT2D eigenvalue weighted by Gasteiger charge is -2.45. The highest BCUT2D eigenvalue weighted by atomic mass is 16.8. The zero-order chi connectivity index (χ0) is 51.5. The molecule has 67 heavy (non-hydrogen) atoms. The Hall–Kier alpha value is -3.28. The van der Waals surface area contributed by atoms with Gasteiger partial charge in [-0.2, -0.15) is 0 Å². The summed E-state index contributed by atoms with van der Waals surface area (Å²) in [6, 6.07) is 26.7. The second kappa shape index (κ2) is 17.0. The van der Waals surface area contributed by atoms with Crippen LogP contribution in [0.15, 0.2) is 72.8 Å². The molecule has 1 fully saturated rings. The van der Waals surface area contributed by atoms with Gasteiger partial charge >= 0.3 is 0 Å². The molecule has 5 rings (SSSR count). The van der Waals surface area contributed by atoms with E-state index in [-0.39, 0.29) is 43.3 Å². The third-order valence-corrected chi connectivity index (χ3v) is 14.3. The first-order chi connectivity index (χ1) is 29.7. The Bertz CT molecular complexity index is 1990. The van der Waals surface area contributed by atoms with Gasteiger partial charge in [0, 0.05) is 0 Å². The molecular formula is C63H94O4. The van der Waals surface area contributed by atoms with Crippen molar-refractivity contribution in [3.05, 3.63) is 140 Å². The summed E-state index contributed by atoms with van der Waals surface area (Å²) >= 11 is 0. The first-order valence-electron chi connectivity index (χ1n) is 25.2. The molecule has 0 amide bonds. The Labute approximate surface area is 410 Å². The molecule has 2 N–H and O–H groups in total. The smallest absolute Gasteiger partial charge is 0.164 e. The number of rotatable bonds is 6. The average Bonchev–Trinajstić information content (AvgIpc) is 3.49. The molecule has 4 aromatic rings. The van der Waals surface area contributed by atoms with Crippen molar-refractivity contribution in [1.82, 2.24) is 0 Å². The van der Waals surface area contributed by atoms with Crippen LogP contribution in [-0.4, -0.2) is 28.2 Å². The standard InChI is InChI=1S/C63H94O4/c1-53(2,3)39-27-40(54(4,5)6)32-47(31-39)62(64,48-33-41(55(7,8)9)28-42(34-48)56(10,11)12)51-52(67-61(25,26)66-51)63(65,49-35-43(57(13,14)15)29-44(36-49)58(16,17)18)50-37-45(59(19,20)21)30-46(38-50)60(22,23)24/h27-38,51-52,64-65H,1-26H3/t51-,52-/m1/s1. The van der Waals surface area contributed by atoms with E-state index in [1.54, 1.807) is 0 Å². The zero-order valence-electron chi connectivity index (χ0n) is 47.3. The number of ether oxygens (including phenoxy) is 2. The molecule has 4 aromatic carbocycles. The summed E-state index contributed by atoms with van der Waals surface area (Å²) in [7, 11) is 0. The predicted octanol–water partition coefficient (Wildman–Crippen LogP) is 15.8. The monoisotopic (exact) mass is 915 g/mol. The highest BCUT2D eigenvalue weighted by molar-refractivity contribution is 5.53. The van der Waals surface area contributed by atoms with Crippen molar-refractivity contribution in [3.8, 4) is 0 Å². The van der Waals surface area contributed by atoms with E-state index in [0.29, 0.717) is 22.3 Å². The van der Waals surface area contributed by atoms with Crippen molar-refractivity contribution in [3.63, 3.8) is 0 Å². The van der Waals surface area contributed by atoms with Gasteiger partial charge in [0.15, 0.2) is 5.79 Å². The molecular weight excluding hydrogens is 821 g/mol. The Balaban J connectivity index is 2.12. The Morgan fingerprint density at radius 3 is 0.507 bits per heavy atom. The third kappa shape index (κ3) is 11.4. The molecule has 0 bridgehead atoms. The minimum atomic E-state index is -1.85. The van der Waals surface area contributed by atoms with Gasteiger partial charge in [-0.05, 0) is 124 Å². The van der Waals surface area contributed by atoms with E-state index in [0.717, 1.165) is 44.5 Å².